The minimum atomic E-state index is 0. The van der Waals surface area contributed by atoms with Crippen molar-refractivity contribution in [1.29, 1.82) is 0 Å². The molecule has 18 heavy (non-hydrogen) atoms. The summed E-state index contributed by atoms with van der Waals surface area (Å²) in [6.45, 7) is 8.53. The molecule has 0 aromatic heterocycles. The molecule has 0 unspecified atom stereocenters. The average Bonchev–Trinajstić information content (AvgIpc) is 2.83. The molecule has 0 aromatic rings. The van der Waals surface area contributed by atoms with Gasteiger partial charge in [-0.25, -0.2) is 23.3 Å². The van der Waals surface area contributed by atoms with Crippen molar-refractivity contribution >= 4 is 29.0 Å². The number of allylic oxidation sites excluding steroid dienone is 8. The first-order valence-electron chi connectivity index (χ1n) is 5.42. The van der Waals surface area contributed by atoms with Crippen molar-refractivity contribution in [1.82, 2.24) is 0 Å². The van der Waals surface area contributed by atoms with Gasteiger partial charge < -0.3 is 0 Å². The summed E-state index contributed by atoms with van der Waals surface area (Å²) in [6.07, 6.45) is 12.4. The molecule has 0 radical (unpaired) electrons. The zero-order valence-corrected chi connectivity index (χ0v) is 15.7. The summed E-state index contributed by atoms with van der Waals surface area (Å²) in [5.41, 5.74) is 5.69. The fraction of sp³-hybridized carbons (Fsp3) is 0.400. The monoisotopic (exact) mass is 362 g/mol. The predicted octanol–water partition coefficient (Wildman–Crippen LogP) is 4.98. The van der Waals surface area contributed by atoms with E-state index in [-0.39, 0.29) is 24.8 Å². The quantitative estimate of drug-likeness (QED) is 0.532. The molecule has 0 saturated carbocycles. The Kier molecular flexibility index (Phi) is 17.8. The third-order valence-electron chi connectivity index (χ3n) is 2.72. The summed E-state index contributed by atoms with van der Waals surface area (Å²) in [5.74, 6) is 0. The van der Waals surface area contributed by atoms with Crippen LogP contribution in [0.3, 0.4) is 0 Å². The van der Waals surface area contributed by atoms with Crippen LogP contribution in [0.4, 0.5) is 0 Å². The third kappa shape index (κ3) is 9.25. The Morgan fingerprint density at radius 1 is 0.833 bits per heavy atom. The predicted molar refractivity (Wildman–Crippen MR) is 83.2 cm³/mol. The molecule has 0 aromatic carbocycles. The van der Waals surface area contributed by atoms with Crippen LogP contribution in [-0.4, -0.2) is 4.21 Å². The van der Waals surface area contributed by atoms with E-state index in [1.807, 2.05) is 0 Å². The van der Waals surface area contributed by atoms with Gasteiger partial charge in [0.2, 0.25) is 0 Å². The van der Waals surface area contributed by atoms with Gasteiger partial charge in [0, 0.05) is 0 Å². The maximum atomic E-state index is 3.34. The zero-order valence-electron chi connectivity index (χ0n) is 11.6. The van der Waals surface area contributed by atoms with Crippen LogP contribution >= 0.6 is 24.8 Å². The summed E-state index contributed by atoms with van der Waals surface area (Å²) in [6, 6.07) is 0. The summed E-state index contributed by atoms with van der Waals surface area (Å²) >= 11 is 1.30. The fourth-order valence-corrected chi connectivity index (χ4v) is 1.24. The molecule has 0 N–H and O–H groups in total. The molecular weight excluding hydrogens is 342 g/mol. The standard InChI is InChI=1S/2C7H9.CH2.2ClH.Zr/c2*1-6-4-3-5-7(6)2;;;;/h2*4H,5H2,1-2H3;1H2;2*1H;/q2*-1;;;;+2. The van der Waals surface area contributed by atoms with Crippen molar-refractivity contribution < 1.29 is 24.2 Å². The zero-order chi connectivity index (χ0) is 12.6. The summed E-state index contributed by atoms with van der Waals surface area (Å²) in [5, 5.41) is 0. The van der Waals surface area contributed by atoms with Gasteiger partial charge in [0.05, 0.1) is 0 Å². The van der Waals surface area contributed by atoms with Crippen LogP contribution in [0.1, 0.15) is 40.5 Å². The Hall–Kier alpha value is 0.293. The van der Waals surface area contributed by atoms with Gasteiger partial charge >= 0.3 is 28.4 Å². The Balaban J connectivity index is -0.000000200. The van der Waals surface area contributed by atoms with Crippen molar-refractivity contribution in [2.45, 2.75) is 40.5 Å². The van der Waals surface area contributed by atoms with Crippen LogP contribution in [0.15, 0.2) is 34.4 Å². The molecular formula is C15H22Cl2Zr. The topological polar surface area (TPSA) is 0 Å². The van der Waals surface area contributed by atoms with Crippen LogP contribution < -0.4 is 0 Å². The fourth-order valence-electron chi connectivity index (χ4n) is 1.24. The molecule has 0 fully saturated rings. The van der Waals surface area contributed by atoms with Gasteiger partial charge in [0.25, 0.3) is 0 Å². The normalized spacial score (nSPS) is 15.2. The second-order valence-corrected chi connectivity index (χ2v) is 3.98. The van der Waals surface area contributed by atoms with Gasteiger partial charge in [-0.1, -0.05) is 13.8 Å². The molecule has 0 saturated heterocycles. The second-order valence-electron chi connectivity index (χ2n) is 3.98. The molecule has 0 amide bonds. The van der Waals surface area contributed by atoms with E-state index in [1.165, 1.54) is 46.5 Å². The molecule has 2 rings (SSSR count). The molecule has 2 aliphatic rings. The van der Waals surface area contributed by atoms with E-state index in [0.717, 1.165) is 12.8 Å². The Bertz CT molecular complexity index is 316. The van der Waals surface area contributed by atoms with Crippen molar-refractivity contribution in [3.8, 4) is 0 Å². The van der Waals surface area contributed by atoms with E-state index >= 15 is 0 Å². The van der Waals surface area contributed by atoms with Crippen molar-refractivity contribution in [3.63, 3.8) is 0 Å². The summed E-state index contributed by atoms with van der Waals surface area (Å²) in [4.78, 5) is 0. The van der Waals surface area contributed by atoms with Gasteiger partial charge in [-0.15, -0.1) is 51.5 Å². The number of hydrogen-bond donors (Lipinski definition) is 0. The Morgan fingerprint density at radius 3 is 1.17 bits per heavy atom. The van der Waals surface area contributed by atoms with E-state index in [0.29, 0.717) is 0 Å². The van der Waals surface area contributed by atoms with E-state index in [9.17, 15) is 0 Å². The molecule has 0 bridgehead atoms. The van der Waals surface area contributed by atoms with E-state index in [2.05, 4.69) is 56.2 Å². The Labute approximate surface area is 139 Å². The van der Waals surface area contributed by atoms with Crippen LogP contribution in [0.25, 0.3) is 0 Å². The third-order valence-corrected chi connectivity index (χ3v) is 2.72. The van der Waals surface area contributed by atoms with Crippen LogP contribution in [0, 0.1) is 12.2 Å². The van der Waals surface area contributed by atoms with Crippen LogP contribution in [0.5, 0.6) is 0 Å². The number of hydrogen-bond acceptors (Lipinski definition) is 0. The number of rotatable bonds is 0. The van der Waals surface area contributed by atoms with Gasteiger partial charge in [-0.05, 0) is 0 Å². The van der Waals surface area contributed by atoms with E-state index < -0.39 is 0 Å². The molecule has 0 nitrogen and oxygen atoms in total. The molecule has 100 valence electrons. The SMILES string of the molecule is CC1=C(C)C[C-]=C1.CC1=C(C)C[C-]=C1.Cl.Cl.[CH2]=[Zr+2]. The van der Waals surface area contributed by atoms with Crippen molar-refractivity contribution in [2.24, 2.45) is 0 Å². The first-order chi connectivity index (χ1) is 7.61. The first-order valence-corrected chi connectivity index (χ1v) is 7.16. The molecule has 0 atom stereocenters. The van der Waals surface area contributed by atoms with Gasteiger partial charge in [-0.2, -0.15) is 11.1 Å². The van der Waals surface area contributed by atoms with E-state index in [1.54, 1.807) is 0 Å². The van der Waals surface area contributed by atoms with Gasteiger partial charge in [0.1, 0.15) is 0 Å². The molecule has 0 heterocycles. The van der Waals surface area contributed by atoms with Gasteiger partial charge in [0.15, 0.2) is 0 Å². The maximum absolute atomic E-state index is 3.34. The van der Waals surface area contributed by atoms with Crippen LogP contribution in [0.2, 0.25) is 0 Å². The van der Waals surface area contributed by atoms with Crippen molar-refractivity contribution in [2.75, 3.05) is 0 Å². The second kappa shape index (κ2) is 13.7. The van der Waals surface area contributed by atoms with Crippen molar-refractivity contribution in [3.05, 3.63) is 46.6 Å². The van der Waals surface area contributed by atoms with Gasteiger partial charge in [-0.3, -0.25) is 12.2 Å². The van der Waals surface area contributed by atoms with Crippen LogP contribution in [-0.2, 0) is 24.2 Å². The first kappa shape index (κ1) is 23.4. The average molecular weight is 364 g/mol. The summed E-state index contributed by atoms with van der Waals surface area (Å²) < 4.78 is 3.34. The number of halogens is 2. The Morgan fingerprint density at radius 2 is 1.11 bits per heavy atom. The molecule has 2 aliphatic carbocycles. The molecule has 0 spiro atoms. The van der Waals surface area contributed by atoms with E-state index in [4.69, 9.17) is 0 Å². The minimum absolute atomic E-state index is 0. The molecule has 3 heteroatoms. The molecule has 0 aliphatic heterocycles. The summed E-state index contributed by atoms with van der Waals surface area (Å²) in [7, 11) is 0.